The molecule has 5 nitrogen and oxygen atoms in total. The van der Waals surface area contributed by atoms with Gasteiger partial charge in [0, 0.05) is 12.8 Å². The highest BCUT2D eigenvalue weighted by Crippen LogP contribution is 2.44. The number of aliphatic hydroxyl groups is 1. The van der Waals surface area contributed by atoms with Crippen LogP contribution in [0.15, 0.2) is 66.7 Å². The van der Waals surface area contributed by atoms with Crippen LogP contribution in [0.3, 0.4) is 0 Å². The van der Waals surface area contributed by atoms with Crippen LogP contribution in [0.25, 0.3) is 6.08 Å². The third kappa shape index (κ3) is 6.80. The van der Waals surface area contributed by atoms with Crippen molar-refractivity contribution in [1.82, 2.24) is 0 Å². The molecule has 0 radical (unpaired) electrons. The Kier molecular flexibility index (Phi) is 8.78. The zero-order valence-corrected chi connectivity index (χ0v) is 24.2. The summed E-state index contributed by atoms with van der Waals surface area (Å²) in [4.78, 5) is 0. The average molecular weight is 525 g/mol. The molecule has 2 fully saturated rings. The lowest BCUT2D eigenvalue weighted by Crippen LogP contribution is -2.64. The van der Waals surface area contributed by atoms with E-state index in [9.17, 15) is 5.11 Å². The van der Waals surface area contributed by atoms with Gasteiger partial charge in [0.15, 0.2) is 8.32 Å². The average Bonchev–Trinajstić information content (AvgIpc) is 2.87. The second kappa shape index (κ2) is 11.5. The molecule has 0 amide bonds. The summed E-state index contributed by atoms with van der Waals surface area (Å²) in [6.45, 7) is 13.6. The second-order valence-corrected chi connectivity index (χ2v) is 17.0. The molecule has 1 N–H and O–H groups in total. The molecule has 37 heavy (non-hydrogen) atoms. The number of ether oxygens (including phenoxy) is 3. The molecule has 202 valence electrons. The Morgan fingerprint density at radius 3 is 2.27 bits per heavy atom. The number of aliphatic hydroxyl groups excluding tert-OH is 1. The Bertz CT molecular complexity index is 1020. The van der Waals surface area contributed by atoms with E-state index in [1.165, 1.54) is 0 Å². The topological polar surface area (TPSA) is 57.2 Å². The van der Waals surface area contributed by atoms with E-state index in [2.05, 4.69) is 70.3 Å². The van der Waals surface area contributed by atoms with Gasteiger partial charge in [0.1, 0.15) is 11.7 Å². The number of benzene rings is 2. The van der Waals surface area contributed by atoms with Crippen molar-refractivity contribution in [2.24, 2.45) is 0 Å². The van der Waals surface area contributed by atoms with Gasteiger partial charge in [-0.15, -0.1) is 0 Å². The highest BCUT2D eigenvalue weighted by Gasteiger charge is 2.53. The lowest BCUT2D eigenvalue weighted by molar-refractivity contribution is -0.275. The van der Waals surface area contributed by atoms with Crippen LogP contribution in [0, 0.1) is 0 Å². The summed E-state index contributed by atoms with van der Waals surface area (Å²) in [7, 11) is -2.08. The fourth-order valence-electron chi connectivity index (χ4n) is 4.83. The van der Waals surface area contributed by atoms with Gasteiger partial charge < -0.3 is 23.7 Å². The number of rotatable bonds is 8. The summed E-state index contributed by atoms with van der Waals surface area (Å²) in [6.07, 6.45) is 4.71. The lowest BCUT2D eigenvalue weighted by atomic mass is 9.84. The molecule has 2 aromatic rings. The lowest BCUT2D eigenvalue weighted by Gasteiger charge is -2.53. The molecule has 2 heterocycles. The van der Waals surface area contributed by atoms with Crippen LogP contribution in [0.2, 0.25) is 18.1 Å². The molecule has 6 atom stereocenters. The van der Waals surface area contributed by atoms with Gasteiger partial charge in [-0.05, 0) is 36.2 Å². The van der Waals surface area contributed by atoms with Crippen molar-refractivity contribution in [3.05, 3.63) is 77.9 Å². The predicted octanol–water partition coefficient (Wildman–Crippen LogP) is 6.37. The van der Waals surface area contributed by atoms with Crippen molar-refractivity contribution in [2.45, 2.75) is 101 Å². The van der Waals surface area contributed by atoms with Crippen LogP contribution >= 0.6 is 0 Å². The van der Waals surface area contributed by atoms with Crippen molar-refractivity contribution < 1.29 is 23.7 Å². The fourth-order valence-corrected chi connectivity index (χ4v) is 6.24. The molecule has 6 heteroatoms. The number of hydrogen-bond acceptors (Lipinski definition) is 5. The largest absolute Gasteiger partial charge is 0.411 e. The SMILES string of the molecule is CC(C)(C)[Si](C)(C)O[C@@H]1C[C@@H]2O[C@H](/C=C/c3ccccc3)[C@@H](OCc3ccccc3)C[C@H]2O[C@@]1(C)CO. The van der Waals surface area contributed by atoms with Crippen molar-refractivity contribution in [1.29, 1.82) is 0 Å². The first kappa shape index (κ1) is 28.2. The summed E-state index contributed by atoms with van der Waals surface area (Å²) in [5.41, 5.74) is 1.47. The van der Waals surface area contributed by atoms with E-state index < -0.39 is 13.9 Å². The Morgan fingerprint density at radius 1 is 1.00 bits per heavy atom. The highest BCUT2D eigenvalue weighted by atomic mass is 28.4. The first-order valence-corrected chi connectivity index (χ1v) is 16.4. The fraction of sp³-hybridized carbons (Fsp3) is 0.548. The molecular formula is C31H44O5Si. The minimum absolute atomic E-state index is 0.0605. The molecule has 0 unspecified atom stereocenters. The van der Waals surface area contributed by atoms with Crippen LogP contribution < -0.4 is 0 Å². The third-order valence-electron chi connectivity index (χ3n) is 8.27. The zero-order valence-electron chi connectivity index (χ0n) is 23.2. The summed E-state index contributed by atoms with van der Waals surface area (Å²) >= 11 is 0. The van der Waals surface area contributed by atoms with Gasteiger partial charge in [-0.3, -0.25) is 0 Å². The van der Waals surface area contributed by atoms with E-state index in [1.54, 1.807) is 0 Å². The number of hydrogen-bond donors (Lipinski definition) is 1. The predicted molar refractivity (Wildman–Crippen MR) is 151 cm³/mol. The maximum Gasteiger partial charge on any atom is 0.192 e. The zero-order chi connectivity index (χ0) is 26.7. The van der Waals surface area contributed by atoms with Gasteiger partial charge in [-0.2, -0.15) is 0 Å². The molecule has 0 aromatic heterocycles. The minimum Gasteiger partial charge on any atom is -0.411 e. The maximum absolute atomic E-state index is 10.4. The Labute approximate surface area is 223 Å². The van der Waals surface area contributed by atoms with Crippen molar-refractivity contribution >= 4 is 14.4 Å². The van der Waals surface area contributed by atoms with Crippen LogP contribution in [0.5, 0.6) is 0 Å². The van der Waals surface area contributed by atoms with Crippen molar-refractivity contribution in [2.75, 3.05) is 6.61 Å². The van der Waals surface area contributed by atoms with E-state index >= 15 is 0 Å². The molecule has 0 aliphatic carbocycles. The number of fused-ring (bicyclic) bond motifs is 1. The van der Waals surface area contributed by atoms with Gasteiger partial charge in [-0.1, -0.05) is 93.6 Å². The molecule has 4 rings (SSSR count). The van der Waals surface area contributed by atoms with Gasteiger partial charge in [0.25, 0.3) is 0 Å². The van der Waals surface area contributed by atoms with Crippen molar-refractivity contribution in [3.63, 3.8) is 0 Å². The van der Waals surface area contributed by atoms with E-state index in [0.29, 0.717) is 19.4 Å². The van der Waals surface area contributed by atoms with Gasteiger partial charge in [0.05, 0.1) is 37.6 Å². The highest BCUT2D eigenvalue weighted by molar-refractivity contribution is 6.74. The van der Waals surface area contributed by atoms with Gasteiger partial charge in [0.2, 0.25) is 0 Å². The molecule has 2 aromatic carbocycles. The molecular weight excluding hydrogens is 480 g/mol. The Balaban J connectivity index is 1.54. The van der Waals surface area contributed by atoms with Gasteiger partial charge in [-0.25, -0.2) is 0 Å². The summed E-state index contributed by atoms with van der Waals surface area (Å²) in [5.74, 6) is 0. The second-order valence-electron chi connectivity index (χ2n) is 12.2. The van der Waals surface area contributed by atoms with Crippen molar-refractivity contribution in [3.8, 4) is 0 Å². The molecule has 2 aliphatic heterocycles. The Hall–Kier alpha value is -1.80. The van der Waals surface area contributed by atoms with E-state index in [4.69, 9.17) is 18.6 Å². The smallest absolute Gasteiger partial charge is 0.192 e. The molecule has 0 saturated carbocycles. The molecule has 2 saturated heterocycles. The quantitative estimate of drug-likeness (QED) is 0.407. The normalized spacial score (nSPS) is 30.8. The molecule has 0 bridgehead atoms. The first-order valence-electron chi connectivity index (χ1n) is 13.5. The van der Waals surface area contributed by atoms with E-state index in [-0.39, 0.29) is 42.2 Å². The van der Waals surface area contributed by atoms with Crippen LogP contribution in [0.1, 0.15) is 51.7 Å². The minimum atomic E-state index is -2.08. The monoisotopic (exact) mass is 524 g/mol. The van der Waals surface area contributed by atoms with Crippen LogP contribution in [-0.4, -0.2) is 56.2 Å². The molecule has 0 spiro atoms. The maximum atomic E-state index is 10.4. The summed E-state index contributed by atoms with van der Waals surface area (Å²) in [5, 5.41) is 10.5. The summed E-state index contributed by atoms with van der Waals surface area (Å²) < 4.78 is 26.6. The van der Waals surface area contributed by atoms with E-state index in [1.807, 2.05) is 43.3 Å². The van der Waals surface area contributed by atoms with Crippen LogP contribution in [0.4, 0.5) is 0 Å². The van der Waals surface area contributed by atoms with E-state index in [0.717, 1.165) is 11.1 Å². The standard InChI is InChI=1S/C31H44O5Si/c1-30(2,3)37(5,6)36-29-20-27-28(35-31(29,4)22-32)19-26(33-21-24-15-11-8-12-16-24)25(34-27)18-17-23-13-9-7-10-14-23/h7-18,25-29,32H,19-22H2,1-6H3/b18-17+/t25-,26+,27+,28-,29-,31+/m1/s1. The molecule has 2 aliphatic rings. The summed E-state index contributed by atoms with van der Waals surface area (Å²) in [6, 6.07) is 20.5. The first-order chi connectivity index (χ1) is 17.5. The van der Waals surface area contributed by atoms with Crippen LogP contribution in [-0.2, 0) is 25.2 Å². The Morgan fingerprint density at radius 2 is 1.65 bits per heavy atom. The third-order valence-corrected chi connectivity index (χ3v) is 12.8. The van der Waals surface area contributed by atoms with Gasteiger partial charge >= 0.3 is 0 Å².